The number of hydrogen-bond acceptors (Lipinski definition) is 3. The van der Waals surface area contributed by atoms with E-state index in [9.17, 15) is 9.59 Å². The van der Waals surface area contributed by atoms with E-state index in [4.69, 9.17) is 0 Å². The Morgan fingerprint density at radius 1 is 1.17 bits per heavy atom. The van der Waals surface area contributed by atoms with Gasteiger partial charge in [-0.3, -0.25) is 14.2 Å². The van der Waals surface area contributed by atoms with E-state index in [0.29, 0.717) is 16.5 Å². The van der Waals surface area contributed by atoms with Crippen molar-refractivity contribution in [2.24, 2.45) is 0 Å². The molecule has 0 saturated carbocycles. The van der Waals surface area contributed by atoms with Crippen LogP contribution in [0.3, 0.4) is 0 Å². The molecule has 0 amide bonds. The van der Waals surface area contributed by atoms with E-state index in [2.05, 4.69) is 36.8 Å². The number of hydrogen-bond donors (Lipinski definition) is 0. The number of benzene rings is 2. The van der Waals surface area contributed by atoms with Crippen molar-refractivity contribution in [1.82, 2.24) is 9.55 Å². The van der Waals surface area contributed by atoms with Gasteiger partial charge in [-0.25, -0.2) is 4.98 Å². The number of halogens is 2. The SMILES string of the molecule is C[C@@H](C(=O)c1ccccc1)n1cnc2c(Br)cc(Br)cc2c1=O. The highest BCUT2D eigenvalue weighted by molar-refractivity contribution is 9.11. The molecule has 6 heteroatoms. The molecule has 0 saturated heterocycles. The molecule has 1 heterocycles. The van der Waals surface area contributed by atoms with E-state index in [1.54, 1.807) is 37.3 Å². The Hall–Kier alpha value is -1.79. The van der Waals surface area contributed by atoms with Crippen molar-refractivity contribution in [3.05, 3.63) is 73.7 Å². The van der Waals surface area contributed by atoms with E-state index < -0.39 is 6.04 Å². The summed E-state index contributed by atoms with van der Waals surface area (Å²) in [5.41, 5.74) is 0.907. The fraction of sp³-hybridized carbons (Fsp3) is 0.118. The third-order valence-corrected chi connectivity index (χ3v) is 4.72. The zero-order chi connectivity index (χ0) is 16.6. The van der Waals surface area contributed by atoms with Gasteiger partial charge in [-0.1, -0.05) is 46.3 Å². The van der Waals surface area contributed by atoms with Gasteiger partial charge in [-0.2, -0.15) is 0 Å². The smallest absolute Gasteiger partial charge is 0.261 e. The van der Waals surface area contributed by atoms with Crippen LogP contribution in [0.4, 0.5) is 0 Å². The van der Waals surface area contributed by atoms with Gasteiger partial charge in [0, 0.05) is 14.5 Å². The van der Waals surface area contributed by atoms with Crippen LogP contribution in [0.25, 0.3) is 10.9 Å². The molecule has 3 rings (SSSR count). The normalized spacial score (nSPS) is 12.3. The topological polar surface area (TPSA) is 52.0 Å². The van der Waals surface area contributed by atoms with Crippen molar-refractivity contribution in [1.29, 1.82) is 0 Å². The standard InChI is InChI=1S/C17H12Br2N2O2/c1-10(16(22)11-5-3-2-4-6-11)21-9-20-15-13(17(21)23)7-12(18)8-14(15)19/h2-10H,1H3/t10-/m0/s1. The molecule has 0 radical (unpaired) electrons. The van der Waals surface area contributed by atoms with Gasteiger partial charge in [0.1, 0.15) is 0 Å². The van der Waals surface area contributed by atoms with Crippen LogP contribution < -0.4 is 5.56 Å². The molecule has 0 aliphatic rings. The highest BCUT2D eigenvalue weighted by Crippen LogP contribution is 2.25. The molecule has 4 nitrogen and oxygen atoms in total. The van der Waals surface area contributed by atoms with Crippen molar-refractivity contribution >= 4 is 48.5 Å². The second-order valence-electron chi connectivity index (χ2n) is 5.15. The van der Waals surface area contributed by atoms with E-state index in [-0.39, 0.29) is 11.3 Å². The number of aromatic nitrogens is 2. The number of rotatable bonds is 3. The third kappa shape index (κ3) is 3.01. The minimum absolute atomic E-state index is 0.122. The molecule has 0 aliphatic carbocycles. The van der Waals surface area contributed by atoms with Crippen LogP contribution >= 0.6 is 31.9 Å². The van der Waals surface area contributed by atoms with Crippen LogP contribution in [0.2, 0.25) is 0 Å². The molecule has 0 unspecified atom stereocenters. The first-order valence-corrected chi connectivity index (χ1v) is 8.53. The fourth-order valence-electron chi connectivity index (χ4n) is 2.42. The number of carbonyl (C=O) groups excluding carboxylic acids is 1. The summed E-state index contributed by atoms with van der Waals surface area (Å²) in [7, 11) is 0. The van der Waals surface area contributed by atoms with E-state index in [1.165, 1.54) is 10.9 Å². The Labute approximate surface area is 149 Å². The molecule has 1 aromatic heterocycles. The molecule has 23 heavy (non-hydrogen) atoms. The molecule has 116 valence electrons. The molecule has 0 aliphatic heterocycles. The van der Waals surface area contributed by atoms with Gasteiger partial charge in [0.15, 0.2) is 5.78 Å². The van der Waals surface area contributed by atoms with E-state index >= 15 is 0 Å². The number of Topliss-reactive ketones (excluding diaryl/α,β-unsaturated/α-hetero) is 1. The summed E-state index contributed by atoms with van der Waals surface area (Å²) in [6.45, 7) is 1.71. The predicted octanol–water partition coefficient (Wildman–Crippen LogP) is 4.37. The first-order valence-electron chi connectivity index (χ1n) is 6.94. The summed E-state index contributed by atoms with van der Waals surface area (Å²) in [5, 5.41) is 0.460. The van der Waals surface area contributed by atoms with E-state index in [1.807, 2.05) is 12.1 Å². The minimum atomic E-state index is -0.625. The van der Waals surface area contributed by atoms with Crippen LogP contribution in [-0.2, 0) is 0 Å². The van der Waals surface area contributed by atoms with Crippen molar-refractivity contribution < 1.29 is 4.79 Å². The number of ketones is 1. The lowest BCUT2D eigenvalue weighted by Gasteiger charge is -2.14. The summed E-state index contributed by atoms with van der Waals surface area (Å²) in [6, 6.07) is 11.9. The maximum atomic E-state index is 12.7. The Kier molecular flexibility index (Phi) is 4.46. The lowest BCUT2D eigenvalue weighted by molar-refractivity contribution is 0.0932. The van der Waals surface area contributed by atoms with Gasteiger partial charge in [-0.15, -0.1) is 0 Å². The van der Waals surface area contributed by atoms with Gasteiger partial charge in [0.2, 0.25) is 0 Å². The molecule has 1 atom stereocenters. The first-order chi connectivity index (χ1) is 11.0. The summed E-state index contributed by atoms with van der Waals surface area (Å²) in [6.07, 6.45) is 1.43. The number of fused-ring (bicyclic) bond motifs is 1. The molecule has 3 aromatic rings. The van der Waals surface area contributed by atoms with Gasteiger partial charge in [-0.05, 0) is 35.0 Å². The highest BCUT2D eigenvalue weighted by Gasteiger charge is 2.19. The summed E-state index contributed by atoms with van der Waals surface area (Å²) in [5.74, 6) is -0.122. The molecular formula is C17H12Br2N2O2. The summed E-state index contributed by atoms with van der Waals surface area (Å²) < 4.78 is 2.88. The Morgan fingerprint density at radius 3 is 2.57 bits per heavy atom. The van der Waals surface area contributed by atoms with Crippen LogP contribution in [0.5, 0.6) is 0 Å². The zero-order valence-corrected chi connectivity index (χ0v) is 15.3. The summed E-state index contributed by atoms with van der Waals surface area (Å²) >= 11 is 6.77. The third-order valence-electron chi connectivity index (χ3n) is 3.66. The minimum Gasteiger partial charge on any atom is -0.292 e. The molecule has 0 fully saturated rings. The second kappa shape index (κ2) is 6.37. The zero-order valence-electron chi connectivity index (χ0n) is 12.2. The fourth-order valence-corrected chi connectivity index (χ4v) is 3.75. The first kappa shape index (κ1) is 16.1. The van der Waals surface area contributed by atoms with Crippen LogP contribution in [0, 0.1) is 0 Å². The Balaban J connectivity index is 2.12. The summed E-state index contributed by atoms with van der Waals surface area (Å²) in [4.78, 5) is 29.6. The maximum absolute atomic E-state index is 12.7. The maximum Gasteiger partial charge on any atom is 0.261 e. The molecule has 0 N–H and O–H groups in total. The van der Waals surface area contributed by atoms with Crippen molar-refractivity contribution in [3.8, 4) is 0 Å². The highest BCUT2D eigenvalue weighted by atomic mass is 79.9. The molecule has 2 aromatic carbocycles. The molecule has 0 spiro atoms. The average Bonchev–Trinajstić information content (AvgIpc) is 2.55. The number of nitrogens with zero attached hydrogens (tertiary/aromatic N) is 2. The van der Waals surface area contributed by atoms with Gasteiger partial charge in [0.25, 0.3) is 5.56 Å². The largest absolute Gasteiger partial charge is 0.292 e. The Bertz CT molecular complexity index is 952. The molecule has 0 bridgehead atoms. The van der Waals surface area contributed by atoms with Gasteiger partial charge < -0.3 is 0 Å². The monoisotopic (exact) mass is 434 g/mol. The lowest BCUT2D eigenvalue weighted by Crippen LogP contribution is -2.28. The van der Waals surface area contributed by atoms with Crippen molar-refractivity contribution in [2.45, 2.75) is 13.0 Å². The van der Waals surface area contributed by atoms with Gasteiger partial charge in [0.05, 0.1) is 23.3 Å². The number of carbonyl (C=O) groups is 1. The molecular weight excluding hydrogens is 424 g/mol. The lowest BCUT2D eigenvalue weighted by atomic mass is 10.1. The van der Waals surface area contributed by atoms with Crippen LogP contribution in [0.1, 0.15) is 23.3 Å². The van der Waals surface area contributed by atoms with E-state index in [0.717, 1.165) is 8.95 Å². The predicted molar refractivity (Wildman–Crippen MR) is 96.9 cm³/mol. The Morgan fingerprint density at radius 2 is 1.87 bits per heavy atom. The van der Waals surface area contributed by atoms with Gasteiger partial charge >= 0.3 is 0 Å². The van der Waals surface area contributed by atoms with Crippen LogP contribution in [0.15, 0.2) is 62.5 Å². The van der Waals surface area contributed by atoms with Crippen molar-refractivity contribution in [2.75, 3.05) is 0 Å². The quantitative estimate of drug-likeness (QED) is 0.574. The van der Waals surface area contributed by atoms with Crippen LogP contribution in [-0.4, -0.2) is 15.3 Å². The van der Waals surface area contributed by atoms with Crippen molar-refractivity contribution in [3.63, 3.8) is 0 Å². The second-order valence-corrected chi connectivity index (χ2v) is 6.92. The average molecular weight is 436 g/mol.